The summed E-state index contributed by atoms with van der Waals surface area (Å²) in [6.45, 7) is 3.21. The number of aromatic nitrogens is 1. The topological polar surface area (TPSA) is 76.1 Å². The van der Waals surface area contributed by atoms with E-state index in [0.29, 0.717) is 10.2 Å². The van der Waals surface area contributed by atoms with Gasteiger partial charge in [-0.3, -0.25) is 10.1 Å². The molecule has 0 saturated heterocycles. The van der Waals surface area contributed by atoms with Gasteiger partial charge in [-0.2, -0.15) is 0 Å². The summed E-state index contributed by atoms with van der Waals surface area (Å²) in [5, 5.41) is 5.06. The van der Waals surface area contributed by atoms with E-state index in [1.54, 1.807) is 38.1 Å². The molecule has 3 rings (SSSR count). The maximum Gasteiger partial charge on any atom is 0.257 e. The summed E-state index contributed by atoms with van der Waals surface area (Å²) in [5.41, 5.74) is 1.88. The number of nitrogens with one attached hydrogen (secondary N) is 1. The molecule has 0 radical (unpaired) electrons. The smallest absolute Gasteiger partial charge is 0.257 e. The number of sulfone groups is 1. The van der Waals surface area contributed by atoms with Crippen molar-refractivity contribution in [2.24, 2.45) is 0 Å². The summed E-state index contributed by atoms with van der Waals surface area (Å²) in [5.74, 6) is -0.409. The van der Waals surface area contributed by atoms with Crippen LogP contribution in [0.1, 0.15) is 24.2 Å². The van der Waals surface area contributed by atoms with E-state index in [1.165, 1.54) is 23.5 Å². The van der Waals surface area contributed by atoms with Gasteiger partial charge in [0.1, 0.15) is 0 Å². The summed E-state index contributed by atoms with van der Waals surface area (Å²) in [6.07, 6.45) is 0. The van der Waals surface area contributed by atoms with Crippen molar-refractivity contribution in [3.8, 4) is 11.3 Å². The van der Waals surface area contributed by atoms with Crippen molar-refractivity contribution in [2.45, 2.75) is 24.0 Å². The van der Waals surface area contributed by atoms with Crippen LogP contribution < -0.4 is 5.32 Å². The number of halogens is 1. The Bertz CT molecular complexity index is 1070. The standard InChI is InChI=1S/C19H17ClN2O3S2/c1-12(2)27(24,25)16-5-3-4-14(10-16)18(23)22-19-21-17(11-26-19)13-6-8-15(20)9-7-13/h3-12H,1-2H3,(H,21,22,23). The third kappa shape index (κ3) is 4.37. The first-order valence-corrected chi connectivity index (χ1v) is 10.9. The van der Waals surface area contributed by atoms with E-state index >= 15 is 0 Å². The number of hydrogen-bond acceptors (Lipinski definition) is 5. The lowest BCUT2D eigenvalue weighted by molar-refractivity contribution is 0.102. The molecule has 0 spiro atoms. The molecule has 0 bridgehead atoms. The highest BCUT2D eigenvalue weighted by Crippen LogP contribution is 2.26. The van der Waals surface area contributed by atoms with Crippen LogP contribution in [0.2, 0.25) is 5.02 Å². The lowest BCUT2D eigenvalue weighted by atomic mass is 10.2. The number of carbonyl (C=O) groups is 1. The number of thiazole rings is 1. The number of carbonyl (C=O) groups excluding carboxylic acids is 1. The first-order chi connectivity index (χ1) is 12.8. The molecule has 27 heavy (non-hydrogen) atoms. The Morgan fingerprint density at radius 3 is 2.52 bits per heavy atom. The van der Waals surface area contributed by atoms with Gasteiger partial charge in [-0.15, -0.1) is 11.3 Å². The van der Waals surface area contributed by atoms with Crippen LogP contribution in [0.5, 0.6) is 0 Å². The average molecular weight is 421 g/mol. The zero-order valence-corrected chi connectivity index (χ0v) is 17.0. The number of hydrogen-bond donors (Lipinski definition) is 1. The fourth-order valence-electron chi connectivity index (χ4n) is 2.34. The highest BCUT2D eigenvalue weighted by Gasteiger charge is 2.20. The molecule has 0 saturated carbocycles. The van der Waals surface area contributed by atoms with Crippen molar-refractivity contribution in [2.75, 3.05) is 5.32 Å². The largest absolute Gasteiger partial charge is 0.298 e. The number of anilines is 1. The quantitative estimate of drug-likeness (QED) is 0.637. The molecule has 1 aromatic heterocycles. The molecule has 140 valence electrons. The van der Waals surface area contributed by atoms with Crippen molar-refractivity contribution < 1.29 is 13.2 Å². The van der Waals surface area contributed by atoms with Crippen LogP contribution in [0.3, 0.4) is 0 Å². The molecule has 3 aromatic rings. The molecule has 0 fully saturated rings. The molecular weight excluding hydrogens is 404 g/mol. The molecule has 1 amide bonds. The van der Waals surface area contributed by atoms with Gasteiger partial charge >= 0.3 is 0 Å². The average Bonchev–Trinajstić information content (AvgIpc) is 3.10. The minimum absolute atomic E-state index is 0.131. The number of rotatable bonds is 5. The fraction of sp³-hybridized carbons (Fsp3) is 0.158. The summed E-state index contributed by atoms with van der Waals surface area (Å²) in [7, 11) is -3.45. The molecule has 8 heteroatoms. The molecule has 1 heterocycles. The van der Waals surface area contributed by atoms with Crippen molar-refractivity contribution >= 4 is 43.8 Å². The van der Waals surface area contributed by atoms with E-state index in [1.807, 2.05) is 17.5 Å². The van der Waals surface area contributed by atoms with Crippen molar-refractivity contribution in [1.29, 1.82) is 0 Å². The third-order valence-corrected chi connectivity index (χ3v) is 7.07. The Labute approximate surface area is 167 Å². The number of nitrogens with zero attached hydrogens (tertiary/aromatic N) is 1. The summed E-state index contributed by atoms with van der Waals surface area (Å²) in [4.78, 5) is 17.0. The van der Waals surface area contributed by atoms with Crippen LogP contribution in [-0.2, 0) is 9.84 Å². The van der Waals surface area contributed by atoms with E-state index in [-0.39, 0.29) is 10.5 Å². The molecule has 0 atom stereocenters. The molecule has 0 aliphatic heterocycles. The number of benzene rings is 2. The highest BCUT2D eigenvalue weighted by atomic mass is 35.5. The third-order valence-electron chi connectivity index (χ3n) is 3.91. The summed E-state index contributed by atoms with van der Waals surface area (Å²) < 4.78 is 24.6. The van der Waals surface area contributed by atoms with Gasteiger partial charge in [0.2, 0.25) is 0 Å². The van der Waals surface area contributed by atoms with Crippen LogP contribution in [-0.4, -0.2) is 24.6 Å². The Morgan fingerprint density at radius 2 is 1.85 bits per heavy atom. The number of amides is 1. The van der Waals surface area contributed by atoms with Gasteiger partial charge in [0.05, 0.1) is 15.8 Å². The maximum absolute atomic E-state index is 12.5. The minimum Gasteiger partial charge on any atom is -0.298 e. The Morgan fingerprint density at radius 1 is 1.15 bits per heavy atom. The second kappa shape index (κ2) is 7.80. The van der Waals surface area contributed by atoms with Gasteiger partial charge in [-0.1, -0.05) is 29.8 Å². The van der Waals surface area contributed by atoms with Gasteiger partial charge in [0, 0.05) is 21.5 Å². The Kier molecular flexibility index (Phi) is 5.64. The lowest BCUT2D eigenvalue weighted by Gasteiger charge is -2.09. The van der Waals surface area contributed by atoms with E-state index in [4.69, 9.17) is 11.6 Å². The second-order valence-electron chi connectivity index (χ2n) is 6.12. The molecule has 5 nitrogen and oxygen atoms in total. The van der Waals surface area contributed by atoms with E-state index in [0.717, 1.165) is 11.3 Å². The van der Waals surface area contributed by atoms with Gasteiger partial charge < -0.3 is 0 Å². The van der Waals surface area contributed by atoms with Gasteiger partial charge in [-0.05, 0) is 44.2 Å². The van der Waals surface area contributed by atoms with Gasteiger partial charge in [-0.25, -0.2) is 13.4 Å². The highest BCUT2D eigenvalue weighted by molar-refractivity contribution is 7.92. The predicted octanol–water partition coefficient (Wildman–Crippen LogP) is 4.90. The zero-order chi connectivity index (χ0) is 19.6. The van der Waals surface area contributed by atoms with Gasteiger partial charge in [0.25, 0.3) is 5.91 Å². The zero-order valence-electron chi connectivity index (χ0n) is 14.6. The van der Waals surface area contributed by atoms with Gasteiger partial charge in [0.15, 0.2) is 15.0 Å². The first kappa shape index (κ1) is 19.5. The van der Waals surface area contributed by atoms with Crippen LogP contribution in [0.15, 0.2) is 58.8 Å². The van der Waals surface area contributed by atoms with Crippen LogP contribution in [0, 0.1) is 0 Å². The Hall–Kier alpha value is -2.22. The van der Waals surface area contributed by atoms with Crippen LogP contribution >= 0.6 is 22.9 Å². The van der Waals surface area contributed by atoms with Crippen LogP contribution in [0.25, 0.3) is 11.3 Å². The SMILES string of the molecule is CC(C)S(=O)(=O)c1cccc(C(=O)Nc2nc(-c3ccc(Cl)cc3)cs2)c1. The normalized spacial score (nSPS) is 11.6. The van der Waals surface area contributed by atoms with E-state index in [9.17, 15) is 13.2 Å². The van der Waals surface area contributed by atoms with Crippen molar-refractivity contribution in [1.82, 2.24) is 4.98 Å². The van der Waals surface area contributed by atoms with E-state index in [2.05, 4.69) is 10.3 Å². The molecule has 1 N–H and O–H groups in total. The maximum atomic E-state index is 12.5. The molecule has 0 aliphatic carbocycles. The molecule has 0 unspecified atom stereocenters. The summed E-state index contributed by atoms with van der Waals surface area (Å²) >= 11 is 7.18. The molecular formula is C19H17ClN2O3S2. The second-order valence-corrected chi connectivity index (χ2v) is 9.92. The summed E-state index contributed by atoms with van der Waals surface area (Å²) in [6, 6.07) is 13.3. The van der Waals surface area contributed by atoms with Crippen molar-refractivity contribution in [3.63, 3.8) is 0 Å². The van der Waals surface area contributed by atoms with Crippen LogP contribution in [0.4, 0.5) is 5.13 Å². The first-order valence-electron chi connectivity index (χ1n) is 8.14. The fourth-order valence-corrected chi connectivity index (χ4v) is 4.28. The Balaban J connectivity index is 1.79. The lowest BCUT2D eigenvalue weighted by Crippen LogP contribution is -2.16. The monoisotopic (exact) mass is 420 g/mol. The molecule has 0 aliphatic rings. The predicted molar refractivity (Wildman–Crippen MR) is 109 cm³/mol. The minimum atomic E-state index is -3.45. The van der Waals surface area contributed by atoms with Crippen molar-refractivity contribution in [3.05, 3.63) is 64.5 Å². The van der Waals surface area contributed by atoms with E-state index < -0.39 is 21.0 Å². The molecule has 2 aromatic carbocycles.